The van der Waals surface area contributed by atoms with E-state index >= 15 is 0 Å². The summed E-state index contributed by atoms with van der Waals surface area (Å²) in [4.78, 5) is 11.1. The molecule has 1 aromatic rings. The Balaban J connectivity index is 2.56. The molecule has 21 heavy (non-hydrogen) atoms. The van der Waals surface area contributed by atoms with Crippen molar-refractivity contribution < 1.29 is 24.1 Å². The summed E-state index contributed by atoms with van der Waals surface area (Å²) in [6.07, 6.45) is 1.28. The summed E-state index contributed by atoms with van der Waals surface area (Å²) in [7, 11) is 1.34. The van der Waals surface area contributed by atoms with E-state index in [0.717, 1.165) is 5.56 Å². The second kappa shape index (κ2) is 9.84. The van der Waals surface area contributed by atoms with Crippen molar-refractivity contribution in [2.45, 2.75) is 19.3 Å². The summed E-state index contributed by atoms with van der Waals surface area (Å²) in [6, 6.07) is 3.39. The van der Waals surface area contributed by atoms with Crippen molar-refractivity contribution in [2.75, 3.05) is 27.1 Å². The van der Waals surface area contributed by atoms with Crippen LogP contribution in [0.4, 0.5) is 0 Å². The van der Waals surface area contributed by atoms with Crippen LogP contribution in [0.1, 0.15) is 18.4 Å². The van der Waals surface area contributed by atoms with Gasteiger partial charge in [-0.3, -0.25) is 4.79 Å². The highest BCUT2D eigenvalue weighted by Crippen LogP contribution is 2.34. The van der Waals surface area contributed by atoms with Crippen molar-refractivity contribution >= 4 is 29.2 Å². The molecule has 1 rings (SSSR count). The van der Waals surface area contributed by atoms with Gasteiger partial charge in [0.2, 0.25) is 0 Å². The van der Waals surface area contributed by atoms with Crippen LogP contribution in [0.2, 0.25) is 10.0 Å². The summed E-state index contributed by atoms with van der Waals surface area (Å²) >= 11 is 12.2. The van der Waals surface area contributed by atoms with Crippen LogP contribution in [0.5, 0.6) is 5.75 Å². The summed E-state index contributed by atoms with van der Waals surface area (Å²) in [5.74, 6) is 0.0454. The number of benzene rings is 1. The molecule has 0 heterocycles. The standard InChI is InChI=1S/C14H18Cl2O5/c1-19-13(18)4-3-10-7-11(15)14(12(16)8-10)21-9-20-6-2-5-17/h7-8,17H,2-6,9H2,1H3. The lowest BCUT2D eigenvalue weighted by atomic mass is 10.1. The van der Waals surface area contributed by atoms with Gasteiger partial charge < -0.3 is 19.3 Å². The Morgan fingerprint density at radius 2 is 1.95 bits per heavy atom. The van der Waals surface area contributed by atoms with Gasteiger partial charge in [0.25, 0.3) is 0 Å². The Kier molecular flexibility index (Phi) is 8.45. The predicted octanol–water partition coefficient (Wildman–Crippen LogP) is 2.83. The topological polar surface area (TPSA) is 65.0 Å². The van der Waals surface area contributed by atoms with Gasteiger partial charge in [0.05, 0.1) is 23.8 Å². The average molecular weight is 337 g/mol. The van der Waals surface area contributed by atoms with Gasteiger partial charge in [0.1, 0.15) is 0 Å². The summed E-state index contributed by atoms with van der Waals surface area (Å²) in [5.41, 5.74) is 0.823. The molecule has 0 aliphatic heterocycles. The number of methoxy groups -OCH3 is 1. The fourth-order valence-corrected chi connectivity index (χ4v) is 2.21. The smallest absolute Gasteiger partial charge is 0.305 e. The van der Waals surface area contributed by atoms with Gasteiger partial charge in [-0.15, -0.1) is 0 Å². The molecule has 0 aromatic heterocycles. The minimum absolute atomic E-state index is 0.000940. The van der Waals surface area contributed by atoms with Gasteiger partial charge >= 0.3 is 5.97 Å². The van der Waals surface area contributed by atoms with Gasteiger partial charge in [0.15, 0.2) is 12.5 Å². The van der Waals surface area contributed by atoms with Crippen molar-refractivity contribution in [1.82, 2.24) is 0 Å². The van der Waals surface area contributed by atoms with Crippen LogP contribution in [-0.2, 0) is 20.7 Å². The molecule has 7 heteroatoms. The summed E-state index contributed by atoms with van der Waals surface area (Å²) in [5, 5.41) is 9.32. The van der Waals surface area contributed by atoms with E-state index < -0.39 is 0 Å². The number of hydrogen-bond donors (Lipinski definition) is 1. The minimum atomic E-state index is -0.292. The van der Waals surface area contributed by atoms with Crippen LogP contribution in [-0.4, -0.2) is 38.2 Å². The van der Waals surface area contributed by atoms with E-state index in [1.165, 1.54) is 7.11 Å². The van der Waals surface area contributed by atoms with Crippen molar-refractivity contribution in [2.24, 2.45) is 0 Å². The number of hydrogen-bond acceptors (Lipinski definition) is 5. The Labute approximate surface area is 133 Å². The number of aliphatic hydroxyl groups excluding tert-OH is 1. The van der Waals surface area contributed by atoms with Crippen LogP contribution < -0.4 is 4.74 Å². The highest BCUT2D eigenvalue weighted by atomic mass is 35.5. The number of halogens is 2. The molecule has 1 aromatic carbocycles. The third-order valence-corrected chi connectivity index (χ3v) is 3.20. The zero-order valence-electron chi connectivity index (χ0n) is 11.7. The van der Waals surface area contributed by atoms with Gasteiger partial charge in [0, 0.05) is 13.0 Å². The van der Waals surface area contributed by atoms with E-state index in [1.807, 2.05) is 0 Å². The van der Waals surface area contributed by atoms with E-state index in [0.29, 0.717) is 35.2 Å². The Morgan fingerprint density at radius 1 is 1.29 bits per heavy atom. The van der Waals surface area contributed by atoms with E-state index in [-0.39, 0.29) is 25.8 Å². The monoisotopic (exact) mass is 336 g/mol. The lowest BCUT2D eigenvalue weighted by Gasteiger charge is -2.12. The fourth-order valence-electron chi connectivity index (χ4n) is 1.57. The molecule has 0 fully saturated rings. The molecule has 0 radical (unpaired) electrons. The predicted molar refractivity (Wildman–Crippen MR) is 79.9 cm³/mol. The Bertz CT molecular complexity index is 442. The van der Waals surface area contributed by atoms with Gasteiger partial charge in [-0.1, -0.05) is 23.2 Å². The maximum Gasteiger partial charge on any atom is 0.305 e. The van der Waals surface area contributed by atoms with Crippen LogP contribution in [0.3, 0.4) is 0 Å². The first-order valence-electron chi connectivity index (χ1n) is 6.44. The molecule has 1 N–H and O–H groups in total. The van der Waals surface area contributed by atoms with Crippen molar-refractivity contribution in [3.63, 3.8) is 0 Å². The normalized spacial score (nSPS) is 10.5. The van der Waals surface area contributed by atoms with Crippen LogP contribution in [0.15, 0.2) is 12.1 Å². The summed E-state index contributed by atoms with van der Waals surface area (Å²) < 4.78 is 15.1. The lowest BCUT2D eigenvalue weighted by Crippen LogP contribution is -2.06. The molecule has 0 spiro atoms. The molecule has 0 saturated heterocycles. The number of esters is 1. The number of aryl methyl sites for hydroxylation is 1. The largest absolute Gasteiger partial charge is 0.469 e. The Morgan fingerprint density at radius 3 is 2.52 bits per heavy atom. The first-order chi connectivity index (χ1) is 10.1. The molecule has 0 saturated carbocycles. The van der Waals surface area contributed by atoms with Gasteiger partial charge in [-0.25, -0.2) is 0 Å². The van der Waals surface area contributed by atoms with E-state index in [9.17, 15) is 4.79 Å². The molecule has 0 aliphatic rings. The summed E-state index contributed by atoms with van der Waals surface area (Å²) in [6.45, 7) is 0.459. The van der Waals surface area contributed by atoms with Crippen molar-refractivity contribution in [1.29, 1.82) is 0 Å². The lowest BCUT2D eigenvalue weighted by molar-refractivity contribution is -0.140. The van der Waals surface area contributed by atoms with E-state index in [4.69, 9.17) is 37.8 Å². The number of ether oxygens (including phenoxy) is 3. The fraction of sp³-hybridized carbons (Fsp3) is 0.500. The third kappa shape index (κ3) is 6.52. The van der Waals surface area contributed by atoms with E-state index in [2.05, 4.69) is 4.74 Å². The molecule has 0 amide bonds. The molecule has 0 atom stereocenters. The maximum absolute atomic E-state index is 11.1. The molecular formula is C14H18Cl2O5. The van der Waals surface area contributed by atoms with Crippen molar-refractivity contribution in [3.05, 3.63) is 27.7 Å². The van der Waals surface area contributed by atoms with Gasteiger partial charge in [-0.05, 0) is 30.5 Å². The quantitative estimate of drug-likeness (QED) is 0.426. The first kappa shape index (κ1) is 18.0. The third-order valence-electron chi connectivity index (χ3n) is 2.64. The second-order valence-corrected chi connectivity index (χ2v) is 5.03. The zero-order valence-corrected chi connectivity index (χ0v) is 13.2. The number of carbonyl (C=O) groups excluding carboxylic acids is 1. The van der Waals surface area contributed by atoms with Gasteiger partial charge in [-0.2, -0.15) is 0 Å². The molecule has 5 nitrogen and oxygen atoms in total. The molecule has 0 aliphatic carbocycles. The molecule has 0 unspecified atom stereocenters. The number of aliphatic hydroxyl groups is 1. The SMILES string of the molecule is COC(=O)CCc1cc(Cl)c(OCOCCCO)c(Cl)c1. The van der Waals surface area contributed by atoms with Crippen molar-refractivity contribution in [3.8, 4) is 5.75 Å². The second-order valence-electron chi connectivity index (χ2n) is 4.21. The van der Waals surface area contributed by atoms with E-state index in [1.54, 1.807) is 12.1 Å². The van der Waals surface area contributed by atoms with Crippen LogP contribution in [0.25, 0.3) is 0 Å². The number of rotatable bonds is 9. The molecular weight excluding hydrogens is 319 g/mol. The maximum atomic E-state index is 11.1. The Hall–Kier alpha value is -1.01. The number of carbonyl (C=O) groups is 1. The average Bonchev–Trinajstić information content (AvgIpc) is 2.46. The highest BCUT2D eigenvalue weighted by Gasteiger charge is 2.11. The molecule has 0 bridgehead atoms. The minimum Gasteiger partial charge on any atom is -0.469 e. The first-order valence-corrected chi connectivity index (χ1v) is 7.20. The highest BCUT2D eigenvalue weighted by molar-refractivity contribution is 6.37. The zero-order chi connectivity index (χ0) is 15.7. The molecule has 118 valence electrons. The van der Waals surface area contributed by atoms with Crippen LogP contribution >= 0.6 is 23.2 Å². The van der Waals surface area contributed by atoms with Crippen LogP contribution in [0, 0.1) is 0 Å².